The highest BCUT2D eigenvalue weighted by Gasteiger charge is 2.40. The van der Waals surface area contributed by atoms with Crippen LogP contribution in [0.25, 0.3) is 0 Å². The lowest BCUT2D eigenvalue weighted by molar-refractivity contribution is 0.162. The molecule has 0 radical (unpaired) electrons. The van der Waals surface area contributed by atoms with Crippen LogP contribution in [0.1, 0.15) is 18.4 Å². The number of nitrogens with one attached hydrogen (secondary N) is 1. The fourth-order valence-electron chi connectivity index (χ4n) is 2.59. The van der Waals surface area contributed by atoms with Gasteiger partial charge in [0, 0.05) is 12.6 Å². The predicted octanol–water partition coefficient (Wildman–Crippen LogP) is 2.80. The molecule has 0 aliphatic heterocycles. The van der Waals surface area contributed by atoms with E-state index in [9.17, 15) is 0 Å². The Morgan fingerprint density at radius 2 is 2.50 bits per heavy atom. The maximum Gasteiger partial charge on any atom is 0.0216 e. The zero-order chi connectivity index (χ0) is 9.38. The van der Waals surface area contributed by atoms with E-state index in [0.717, 1.165) is 24.4 Å². The first-order chi connectivity index (χ1) is 6.93. The van der Waals surface area contributed by atoms with Crippen LogP contribution in [0.2, 0.25) is 0 Å². The van der Waals surface area contributed by atoms with Crippen molar-refractivity contribution in [2.24, 2.45) is 11.8 Å². The van der Waals surface area contributed by atoms with Crippen LogP contribution in [-0.4, -0.2) is 6.04 Å². The Bertz CT molecular complexity index is 328. The maximum absolute atomic E-state index is 3.65. The molecule has 2 aliphatic rings. The summed E-state index contributed by atoms with van der Waals surface area (Å²) < 4.78 is 0. The van der Waals surface area contributed by atoms with Crippen molar-refractivity contribution in [3.05, 3.63) is 34.5 Å². The van der Waals surface area contributed by atoms with Gasteiger partial charge in [-0.2, -0.15) is 11.3 Å². The van der Waals surface area contributed by atoms with Crippen molar-refractivity contribution >= 4 is 11.3 Å². The lowest BCUT2D eigenvalue weighted by atomic mass is 9.71. The third-order valence-corrected chi connectivity index (χ3v) is 4.24. The van der Waals surface area contributed by atoms with Crippen LogP contribution < -0.4 is 5.32 Å². The van der Waals surface area contributed by atoms with Gasteiger partial charge < -0.3 is 5.32 Å². The molecule has 1 fully saturated rings. The molecular weight excluding hydrogens is 190 g/mol. The molecule has 1 heterocycles. The Kier molecular flexibility index (Phi) is 2.18. The highest BCUT2D eigenvalue weighted by molar-refractivity contribution is 7.07. The van der Waals surface area contributed by atoms with E-state index in [0.29, 0.717) is 0 Å². The van der Waals surface area contributed by atoms with Crippen LogP contribution in [0.3, 0.4) is 0 Å². The molecule has 0 amide bonds. The van der Waals surface area contributed by atoms with Crippen molar-refractivity contribution in [3.63, 3.8) is 0 Å². The SMILES string of the molecule is C1=CC2C(C1)CC2NCc1ccsc1. The smallest absolute Gasteiger partial charge is 0.0216 e. The minimum Gasteiger partial charge on any atom is -0.309 e. The molecule has 0 spiro atoms. The summed E-state index contributed by atoms with van der Waals surface area (Å²) >= 11 is 1.78. The van der Waals surface area contributed by atoms with Gasteiger partial charge in [0.15, 0.2) is 0 Å². The molecule has 1 nitrogen and oxygen atoms in total. The number of hydrogen-bond acceptors (Lipinski definition) is 2. The molecule has 1 aromatic rings. The van der Waals surface area contributed by atoms with Crippen LogP contribution >= 0.6 is 11.3 Å². The van der Waals surface area contributed by atoms with Gasteiger partial charge in [-0.15, -0.1) is 0 Å². The fraction of sp³-hybridized carbons (Fsp3) is 0.500. The number of hydrogen-bond donors (Lipinski definition) is 1. The summed E-state index contributed by atoms with van der Waals surface area (Å²) in [7, 11) is 0. The van der Waals surface area contributed by atoms with Crippen LogP contribution in [0, 0.1) is 11.8 Å². The second kappa shape index (κ2) is 3.52. The van der Waals surface area contributed by atoms with Crippen molar-refractivity contribution < 1.29 is 0 Å². The molecule has 2 aliphatic carbocycles. The average molecular weight is 205 g/mol. The van der Waals surface area contributed by atoms with E-state index in [1.165, 1.54) is 18.4 Å². The van der Waals surface area contributed by atoms with E-state index < -0.39 is 0 Å². The van der Waals surface area contributed by atoms with Gasteiger partial charge in [-0.05, 0) is 47.1 Å². The molecule has 0 aromatic carbocycles. The third kappa shape index (κ3) is 1.43. The highest BCUT2D eigenvalue weighted by atomic mass is 32.1. The van der Waals surface area contributed by atoms with Crippen LogP contribution in [-0.2, 0) is 6.54 Å². The molecule has 3 rings (SSSR count). The first-order valence-electron chi connectivity index (χ1n) is 5.34. The third-order valence-electron chi connectivity index (χ3n) is 3.51. The Morgan fingerprint density at radius 3 is 3.29 bits per heavy atom. The van der Waals surface area contributed by atoms with Crippen molar-refractivity contribution in [3.8, 4) is 0 Å². The lowest BCUT2D eigenvalue weighted by Gasteiger charge is -2.40. The second-order valence-electron chi connectivity index (χ2n) is 4.36. The van der Waals surface area contributed by atoms with Crippen LogP contribution in [0.4, 0.5) is 0 Å². The van der Waals surface area contributed by atoms with E-state index in [4.69, 9.17) is 0 Å². The van der Waals surface area contributed by atoms with Crippen LogP contribution in [0.5, 0.6) is 0 Å². The number of rotatable bonds is 3. The Balaban J connectivity index is 1.52. The normalized spacial score (nSPS) is 34.1. The summed E-state index contributed by atoms with van der Waals surface area (Å²) in [4.78, 5) is 0. The summed E-state index contributed by atoms with van der Waals surface area (Å²) in [6.45, 7) is 1.05. The standard InChI is InChI=1S/C12H15NS/c1-2-10-6-12(11(10)3-1)13-7-9-4-5-14-8-9/h1,3-5,8,10-13H,2,6-7H2. The van der Waals surface area contributed by atoms with Gasteiger partial charge in [-0.1, -0.05) is 12.2 Å². The zero-order valence-electron chi connectivity index (χ0n) is 8.15. The predicted molar refractivity (Wildman–Crippen MR) is 60.3 cm³/mol. The summed E-state index contributed by atoms with van der Waals surface area (Å²) in [5.41, 5.74) is 1.43. The Labute approximate surface area is 88.8 Å². The van der Waals surface area contributed by atoms with E-state index in [-0.39, 0.29) is 0 Å². The van der Waals surface area contributed by atoms with Gasteiger partial charge in [-0.25, -0.2) is 0 Å². The number of allylic oxidation sites excluding steroid dienone is 1. The molecule has 74 valence electrons. The van der Waals surface area contributed by atoms with Crippen molar-refractivity contribution in [1.82, 2.24) is 5.32 Å². The molecule has 2 heteroatoms. The average Bonchev–Trinajstić information content (AvgIpc) is 2.76. The van der Waals surface area contributed by atoms with E-state index in [1.54, 1.807) is 11.3 Å². The second-order valence-corrected chi connectivity index (χ2v) is 5.14. The fourth-order valence-corrected chi connectivity index (χ4v) is 3.26. The minimum absolute atomic E-state index is 0.749. The highest BCUT2D eigenvalue weighted by Crippen LogP contribution is 2.42. The molecule has 0 saturated heterocycles. The van der Waals surface area contributed by atoms with Crippen molar-refractivity contribution in [2.75, 3.05) is 0 Å². The number of thiophene rings is 1. The van der Waals surface area contributed by atoms with Gasteiger partial charge in [-0.3, -0.25) is 0 Å². The van der Waals surface area contributed by atoms with Crippen molar-refractivity contribution in [1.29, 1.82) is 0 Å². The van der Waals surface area contributed by atoms with Gasteiger partial charge >= 0.3 is 0 Å². The summed E-state index contributed by atoms with van der Waals surface area (Å²) in [6.07, 6.45) is 7.45. The summed E-state index contributed by atoms with van der Waals surface area (Å²) in [6, 6.07) is 2.96. The summed E-state index contributed by atoms with van der Waals surface area (Å²) in [5.74, 6) is 1.81. The van der Waals surface area contributed by atoms with Crippen LogP contribution in [0.15, 0.2) is 29.0 Å². The molecule has 1 saturated carbocycles. The van der Waals surface area contributed by atoms with Gasteiger partial charge in [0.1, 0.15) is 0 Å². The quantitative estimate of drug-likeness (QED) is 0.748. The van der Waals surface area contributed by atoms with Gasteiger partial charge in [0.25, 0.3) is 0 Å². The van der Waals surface area contributed by atoms with E-state index in [1.807, 2.05) is 0 Å². The lowest BCUT2D eigenvalue weighted by Crippen LogP contribution is -2.47. The number of fused-ring (bicyclic) bond motifs is 1. The Hall–Kier alpha value is -0.600. The first-order valence-corrected chi connectivity index (χ1v) is 6.29. The zero-order valence-corrected chi connectivity index (χ0v) is 8.96. The minimum atomic E-state index is 0.749. The molecular formula is C12H15NS. The van der Waals surface area contributed by atoms with Crippen molar-refractivity contribution in [2.45, 2.75) is 25.4 Å². The largest absolute Gasteiger partial charge is 0.309 e. The maximum atomic E-state index is 3.65. The topological polar surface area (TPSA) is 12.0 Å². The first kappa shape index (κ1) is 8.69. The monoisotopic (exact) mass is 205 g/mol. The van der Waals surface area contributed by atoms with Gasteiger partial charge in [0.05, 0.1) is 0 Å². The molecule has 1 N–H and O–H groups in total. The molecule has 3 atom stereocenters. The molecule has 14 heavy (non-hydrogen) atoms. The Morgan fingerprint density at radius 1 is 1.50 bits per heavy atom. The molecule has 1 aromatic heterocycles. The molecule has 3 unspecified atom stereocenters. The van der Waals surface area contributed by atoms with E-state index in [2.05, 4.69) is 34.3 Å². The van der Waals surface area contributed by atoms with Gasteiger partial charge in [0.2, 0.25) is 0 Å². The molecule has 0 bridgehead atoms. The van der Waals surface area contributed by atoms with E-state index >= 15 is 0 Å². The summed E-state index contributed by atoms with van der Waals surface area (Å²) in [5, 5.41) is 8.03.